The quantitative estimate of drug-likeness (QED) is 0.844. The van der Waals surface area contributed by atoms with E-state index in [1.54, 1.807) is 43.2 Å². The molecule has 26 heavy (non-hydrogen) atoms. The van der Waals surface area contributed by atoms with E-state index in [4.69, 9.17) is 4.74 Å². The second kappa shape index (κ2) is 7.47. The van der Waals surface area contributed by atoms with Crippen LogP contribution in [-0.4, -0.2) is 28.0 Å². The van der Waals surface area contributed by atoms with Crippen molar-refractivity contribution in [1.29, 1.82) is 0 Å². The first-order chi connectivity index (χ1) is 12.4. The van der Waals surface area contributed by atoms with Gasteiger partial charge in [0.25, 0.3) is 0 Å². The summed E-state index contributed by atoms with van der Waals surface area (Å²) in [6.45, 7) is 2.47. The first-order valence-electron chi connectivity index (χ1n) is 8.47. The van der Waals surface area contributed by atoms with Crippen LogP contribution in [0.4, 0.5) is 5.69 Å². The first-order valence-corrected chi connectivity index (χ1v) is 9.96. The van der Waals surface area contributed by atoms with Crippen LogP contribution in [0, 0.1) is 0 Å². The molecule has 1 atom stereocenters. The van der Waals surface area contributed by atoms with Gasteiger partial charge in [-0.2, -0.15) is 0 Å². The monoisotopic (exact) mass is 374 g/mol. The Morgan fingerprint density at radius 1 is 1.08 bits per heavy atom. The summed E-state index contributed by atoms with van der Waals surface area (Å²) < 4.78 is 33.0. The molecule has 138 valence electrons. The molecule has 3 rings (SSSR count). The van der Waals surface area contributed by atoms with E-state index in [-0.39, 0.29) is 16.8 Å². The zero-order chi connectivity index (χ0) is 18.7. The lowest BCUT2D eigenvalue weighted by atomic mass is 10.1. The maximum Gasteiger partial charge on any atom is 0.241 e. The summed E-state index contributed by atoms with van der Waals surface area (Å²) in [6.07, 6.45) is 1.38. The summed E-state index contributed by atoms with van der Waals surface area (Å²) in [4.78, 5) is 13.6. The minimum absolute atomic E-state index is 0.0758. The highest BCUT2D eigenvalue weighted by Gasteiger charge is 2.23. The number of amides is 1. The fraction of sp³-hybridized carbons (Fsp3) is 0.316. The third-order valence-corrected chi connectivity index (χ3v) is 6.04. The van der Waals surface area contributed by atoms with E-state index >= 15 is 0 Å². The van der Waals surface area contributed by atoms with Gasteiger partial charge in [-0.05, 0) is 55.3 Å². The van der Waals surface area contributed by atoms with Gasteiger partial charge in [-0.3, -0.25) is 4.79 Å². The molecule has 1 aliphatic heterocycles. The molecule has 1 saturated heterocycles. The van der Waals surface area contributed by atoms with Crippen LogP contribution < -0.4 is 14.4 Å². The standard InChI is InChI=1S/C19H22N2O4S/c1-14(15-5-9-17(25-2)10-6-15)20-26(23,24)18-11-7-16(8-12-18)21-13-3-4-19(21)22/h5-12,14,20H,3-4,13H2,1-2H3/t14-/m0/s1. The fourth-order valence-electron chi connectivity index (χ4n) is 2.99. The van der Waals surface area contributed by atoms with Crippen LogP contribution in [0.3, 0.4) is 0 Å². The van der Waals surface area contributed by atoms with E-state index in [2.05, 4.69) is 4.72 Å². The van der Waals surface area contributed by atoms with Crippen LogP contribution >= 0.6 is 0 Å². The molecule has 7 heteroatoms. The van der Waals surface area contributed by atoms with E-state index in [0.29, 0.717) is 13.0 Å². The number of hydrogen-bond acceptors (Lipinski definition) is 4. The van der Waals surface area contributed by atoms with Gasteiger partial charge in [-0.25, -0.2) is 13.1 Å². The number of anilines is 1. The Hall–Kier alpha value is -2.38. The summed E-state index contributed by atoms with van der Waals surface area (Å²) in [5.74, 6) is 0.794. The minimum Gasteiger partial charge on any atom is -0.497 e. The molecule has 1 fully saturated rings. The summed E-state index contributed by atoms with van der Waals surface area (Å²) in [6, 6.07) is 13.3. The second-order valence-corrected chi connectivity index (χ2v) is 7.97. The zero-order valence-electron chi connectivity index (χ0n) is 14.8. The van der Waals surface area contributed by atoms with Gasteiger partial charge in [0.2, 0.25) is 15.9 Å². The van der Waals surface area contributed by atoms with Crippen LogP contribution in [0.25, 0.3) is 0 Å². The average molecular weight is 374 g/mol. The third-order valence-electron chi connectivity index (χ3n) is 4.48. The summed E-state index contributed by atoms with van der Waals surface area (Å²) in [5.41, 5.74) is 1.57. The SMILES string of the molecule is COc1ccc([C@H](C)NS(=O)(=O)c2ccc(N3CCCC3=O)cc2)cc1. The van der Waals surface area contributed by atoms with Crippen LogP contribution in [0.5, 0.6) is 5.75 Å². The fourth-order valence-corrected chi connectivity index (χ4v) is 4.22. The van der Waals surface area contributed by atoms with Crippen molar-refractivity contribution in [3.05, 3.63) is 54.1 Å². The number of rotatable bonds is 6. The molecular formula is C19H22N2O4S. The van der Waals surface area contributed by atoms with Gasteiger partial charge in [0.15, 0.2) is 0 Å². The van der Waals surface area contributed by atoms with Crippen LogP contribution in [0.2, 0.25) is 0 Å². The Balaban J connectivity index is 1.73. The molecule has 0 aromatic heterocycles. The molecule has 2 aromatic carbocycles. The Morgan fingerprint density at radius 3 is 2.27 bits per heavy atom. The Kier molecular flexibility index (Phi) is 5.29. The molecule has 1 aliphatic rings. The van der Waals surface area contributed by atoms with Gasteiger partial charge >= 0.3 is 0 Å². The lowest BCUT2D eigenvalue weighted by Gasteiger charge is -2.17. The van der Waals surface area contributed by atoms with Crippen molar-refractivity contribution >= 4 is 21.6 Å². The van der Waals surface area contributed by atoms with Crippen molar-refractivity contribution in [2.45, 2.75) is 30.7 Å². The van der Waals surface area contributed by atoms with E-state index < -0.39 is 10.0 Å². The van der Waals surface area contributed by atoms with E-state index in [9.17, 15) is 13.2 Å². The van der Waals surface area contributed by atoms with Gasteiger partial charge < -0.3 is 9.64 Å². The van der Waals surface area contributed by atoms with Crippen molar-refractivity contribution in [3.8, 4) is 5.75 Å². The molecular weight excluding hydrogens is 352 g/mol. The van der Waals surface area contributed by atoms with Gasteiger partial charge in [-0.1, -0.05) is 12.1 Å². The normalized spacial score (nSPS) is 15.9. The van der Waals surface area contributed by atoms with Crippen LogP contribution in [0.15, 0.2) is 53.4 Å². The third kappa shape index (κ3) is 3.89. The van der Waals surface area contributed by atoms with Gasteiger partial charge in [0.05, 0.1) is 12.0 Å². The van der Waals surface area contributed by atoms with Crippen molar-refractivity contribution in [2.24, 2.45) is 0 Å². The van der Waals surface area contributed by atoms with E-state index in [1.807, 2.05) is 12.1 Å². The average Bonchev–Trinajstić information content (AvgIpc) is 3.07. The summed E-state index contributed by atoms with van der Waals surface area (Å²) in [7, 11) is -2.08. The lowest BCUT2D eigenvalue weighted by molar-refractivity contribution is -0.117. The molecule has 0 unspecified atom stereocenters. The molecule has 0 aliphatic carbocycles. The summed E-state index contributed by atoms with van der Waals surface area (Å²) in [5, 5.41) is 0. The van der Waals surface area contributed by atoms with Crippen LogP contribution in [-0.2, 0) is 14.8 Å². The predicted octanol–water partition coefficient (Wildman–Crippen LogP) is 2.86. The number of benzene rings is 2. The Morgan fingerprint density at radius 2 is 1.73 bits per heavy atom. The molecule has 0 radical (unpaired) electrons. The molecule has 1 heterocycles. The van der Waals surface area contributed by atoms with Crippen molar-refractivity contribution in [2.75, 3.05) is 18.6 Å². The number of ether oxygens (including phenoxy) is 1. The van der Waals surface area contributed by atoms with E-state index in [1.165, 1.54) is 12.1 Å². The number of carbonyl (C=O) groups excluding carboxylic acids is 1. The minimum atomic E-state index is -3.66. The summed E-state index contributed by atoms with van der Waals surface area (Å²) >= 11 is 0. The van der Waals surface area contributed by atoms with Gasteiger partial charge in [0.1, 0.15) is 5.75 Å². The van der Waals surface area contributed by atoms with Gasteiger partial charge in [-0.15, -0.1) is 0 Å². The number of sulfonamides is 1. The number of methoxy groups -OCH3 is 1. The molecule has 0 saturated carbocycles. The van der Waals surface area contributed by atoms with Crippen molar-refractivity contribution in [3.63, 3.8) is 0 Å². The Bertz CT molecular complexity index is 877. The highest BCUT2D eigenvalue weighted by molar-refractivity contribution is 7.89. The number of carbonyl (C=O) groups is 1. The zero-order valence-corrected chi connectivity index (χ0v) is 15.6. The Labute approximate surface area is 153 Å². The maximum atomic E-state index is 12.6. The van der Waals surface area contributed by atoms with Crippen LogP contribution in [0.1, 0.15) is 31.4 Å². The largest absolute Gasteiger partial charge is 0.497 e. The molecule has 6 nitrogen and oxygen atoms in total. The number of nitrogens with one attached hydrogen (secondary N) is 1. The number of nitrogens with zero attached hydrogens (tertiary/aromatic N) is 1. The lowest BCUT2D eigenvalue weighted by Crippen LogP contribution is -2.27. The molecule has 1 N–H and O–H groups in total. The molecule has 1 amide bonds. The first kappa shape index (κ1) is 18.4. The highest BCUT2D eigenvalue weighted by atomic mass is 32.2. The second-order valence-electron chi connectivity index (χ2n) is 6.26. The van der Waals surface area contributed by atoms with Crippen molar-refractivity contribution in [1.82, 2.24) is 4.72 Å². The maximum absolute atomic E-state index is 12.6. The molecule has 0 bridgehead atoms. The highest BCUT2D eigenvalue weighted by Crippen LogP contribution is 2.24. The number of hydrogen-bond donors (Lipinski definition) is 1. The molecule has 0 spiro atoms. The van der Waals surface area contributed by atoms with Gasteiger partial charge in [0, 0.05) is 24.7 Å². The predicted molar refractivity (Wildman–Crippen MR) is 99.8 cm³/mol. The smallest absolute Gasteiger partial charge is 0.241 e. The molecule has 2 aromatic rings. The topological polar surface area (TPSA) is 75.7 Å². The van der Waals surface area contributed by atoms with Crippen molar-refractivity contribution < 1.29 is 17.9 Å². The van der Waals surface area contributed by atoms with E-state index in [0.717, 1.165) is 23.4 Å².